The van der Waals surface area contributed by atoms with Crippen molar-refractivity contribution < 1.29 is 19.1 Å². The van der Waals surface area contributed by atoms with E-state index < -0.39 is 0 Å². The number of aryl methyl sites for hydroxylation is 2. The lowest BCUT2D eigenvalue weighted by Crippen LogP contribution is -2.21. The lowest BCUT2D eigenvalue weighted by Gasteiger charge is -2.13. The zero-order chi connectivity index (χ0) is 19.4. The van der Waals surface area contributed by atoms with Gasteiger partial charge in [-0.3, -0.25) is 4.79 Å². The molecule has 0 spiro atoms. The van der Waals surface area contributed by atoms with Crippen molar-refractivity contribution in [2.75, 3.05) is 18.5 Å². The van der Waals surface area contributed by atoms with E-state index in [1.165, 1.54) is 16.2 Å². The molecule has 1 aliphatic carbocycles. The van der Waals surface area contributed by atoms with E-state index in [1.807, 2.05) is 32.0 Å². The first kappa shape index (κ1) is 19.4. The largest absolute Gasteiger partial charge is 0.483 e. The van der Waals surface area contributed by atoms with Crippen molar-refractivity contribution >= 4 is 28.2 Å². The van der Waals surface area contributed by atoms with Crippen LogP contribution in [0.1, 0.15) is 51.7 Å². The average Bonchev–Trinajstić information content (AvgIpc) is 3.01. The zero-order valence-electron chi connectivity index (χ0n) is 16.0. The first-order chi connectivity index (χ1) is 13.0. The predicted molar refractivity (Wildman–Crippen MR) is 107 cm³/mol. The number of benzene rings is 1. The summed E-state index contributed by atoms with van der Waals surface area (Å²) in [5, 5.41) is 3.44. The fraction of sp³-hybridized carbons (Fsp3) is 0.429. The standard InChI is InChI=1S/C21H25NO4S/c1-4-25-21(24)19-15-9-5-6-11-17(15)27-20(19)22-18(23)12-26-16-10-7-8-13(2)14(16)3/h7-8,10H,4-6,9,11-12H2,1-3H3,(H,22,23). The highest BCUT2D eigenvalue weighted by Crippen LogP contribution is 2.38. The van der Waals surface area contributed by atoms with Crippen LogP contribution in [0.5, 0.6) is 5.75 Å². The van der Waals surface area contributed by atoms with Gasteiger partial charge in [0.05, 0.1) is 12.2 Å². The third kappa shape index (κ3) is 4.33. The number of nitrogens with one attached hydrogen (secondary N) is 1. The molecule has 2 aromatic rings. The summed E-state index contributed by atoms with van der Waals surface area (Å²) in [6.07, 6.45) is 3.97. The number of hydrogen-bond donors (Lipinski definition) is 1. The number of hydrogen-bond acceptors (Lipinski definition) is 5. The molecule has 27 heavy (non-hydrogen) atoms. The quantitative estimate of drug-likeness (QED) is 0.745. The van der Waals surface area contributed by atoms with Crippen LogP contribution in [0.15, 0.2) is 18.2 Å². The predicted octanol–water partition coefficient (Wildman–Crippen LogP) is 4.44. The summed E-state index contributed by atoms with van der Waals surface area (Å²) in [6, 6.07) is 5.76. The van der Waals surface area contributed by atoms with Gasteiger partial charge in [-0.1, -0.05) is 12.1 Å². The SMILES string of the molecule is CCOC(=O)c1c(NC(=O)COc2cccc(C)c2C)sc2c1CCCC2. The van der Waals surface area contributed by atoms with Crippen LogP contribution in [-0.4, -0.2) is 25.1 Å². The molecule has 1 aromatic heterocycles. The van der Waals surface area contributed by atoms with Crippen molar-refractivity contribution in [3.8, 4) is 5.75 Å². The van der Waals surface area contributed by atoms with Crippen LogP contribution in [0.4, 0.5) is 5.00 Å². The molecule has 144 valence electrons. The van der Waals surface area contributed by atoms with Gasteiger partial charge in [0.15, 0.2) is 6.61 Å². The minimum Gasteiger partial charge on any atom is -0.483 e. The zero-order valence-corrected chi connectivity index (χ0v) is 16.8. The maximum absolute atomic E-state index is 12.4. The monoisotopic (exact) mass is 387 g/mol. The van der Waals surface area contributed by atoms with Crippen molar-refractivity contribution in [3.05, 3.63) is 45.3 Å². The molecule has 0 unspecified atom stereocenters. The maximum atomic E-state index is 12.4. The minimum absolute atomic E-state index is 0.102. The van der Waals surface area contributed by atoms with Gasteiger partial charge in [0.1, 0.15) is 10.8 Å². The Morgan fingerprint density at radius 3 is 2.74 bits per heavy atom. The van der Waals surface area contributed by atoms with Crippen molar-refractivity contribution in [2.24, 2.45) is 0 Å². The third-order valence-corrected chi connectivity index (χ3v) is 6.02. The van der Waals surface area contributed by atoms with Gasteiger partial charge < -0.3 is 14.8 Å². The van der Waals surface area contributed by atoms with Crippen molar-refractivity contribution in [2.45, 2.75) is 46.5 Å². The van der Waals surface area contributed by atoms with E-state index >= 15 is 0 Å². The molecule has 6 heteroatoms. The molecule has 0 atom stereocenters. The number of amides is 1. The van der Waals surface area contributed by atoms with Gasteiger partial charge in [0, 0.05) is 4.88 Å². The Kier molecular flexibility index (Phi) is 6.16. The molecular weight excluding hydrogens is 362 g/mol. The lowest BCUT2D eigenvalue weighted by molar-refractivity contribution is -0.118. The van der Waals surface area contributed by atoms with Gasteiger partial charge in [-0.05, 0) is 69.2 Å². The number of esters is 1. The lowest BCUT2D eigenvalue weighted by atomic mass is 9.95. The van der Waals surface area contributed by atoms with Crippen LogP contribution in [0.25, 0.3) is 0 Å². The number of ether oxygens (including phenoxy) is 2. The van der Waals surface area contributed by atoms with E-state index in [2.05, 4.69) is 5.32 Å². The van der Waals surface area contributed by atoms with Crippen LogP contribution in [-0.2, 0) is 22.4 Å². The van der Waals surface area contributed by atoms with E-state index in [4.69, 9.17) is 9.47 Å². The highest BCUT2D eigenvalue weighted by molar-refractivity contribution is 7.17. The molecule has 1 N–H and O–H groups in total. The molecule has 0 saturated carbocycles. The molecule has 1 heterocycles. The van der Waals surface area contributed by atoms with Gasteiger partial charge >= 0.3 is 5.97 Å². The second-order valence-corrected chi connectivity index (χ2v) is 7.78. The van der Waals surface area contributed by atoms with Crippen molar-refractivity contribution in [3.63, 3.8) is 0 Å². The summed E-state index contributed by atoms with van der Waals surface area (Å²) in [5.74, 6) is 0.0592. The molecular formula is C21H25NO4S. The highest BCUT2D eigenvalue weighted by atomic mass is 32.1. The second-order valence-electron chi connectivity index (χ2n) is 6.67. The van der Waals surface area contributed by atoms with Gasteiger partial charge in [-0.15, -0.1) is 11.3 Å². The molecule has 3 rings (SSSR count). The van der Waals surface area contributed by atoms with E-state index in [0.717, 1.165) is 42.4 Å². The van der Waals surface area contributed by atoms with Crippen molar-refractivity contribution in [1.82, 2.24) is 0 Å². The molecule has 0 saturated heterocycles. The summed E-state index contributed by atoms with van der Waals surface area (Å²) in [5.41, 5.74) is 3.69. The molecule has 1 aliphatic rings. The Balaban J connectivity index is 1.74. The molecule has 0 aliphatic heterocycles. The van der Waals surface area contributed by atoms with E-state index in [-0.39, 0.29) is 18.5 Å². The van der Waals surface area contributed by atoms with Crippen LogP contribution in [0.2, 0.25) is 0 Å². The Hall–Kier alpha value is -2.34. The van der Waals surface area contributed by atoms with Crippen LogP contribution >= 0.6 is 11.3 Å². The molecule has 0 bridgehead atoms. The first-order valence-corrected chi connectivity index (χ1v) is 10.1. The summed E-state index contributed by atoms with van der Waals surface area (Å²) in [7, 11) is 0. The van der Waals surface area contributed by atoms with Gasteiger partial charge in [0.2, 0.25) is 0 Å². The van der Waals surface area contributed by atoms with E-state index in [0.29, 0.717) is 22.9 Å². The normalized spacial score (nSPS) is 13.0. The second kappa shape index (κ2) is 8.57. The Morgan fingerprint density at radius 1 is 1.19 bits per heavy atom. The van der Waals surface area contributed by atoms with E-state index in [1.54, 1.807) is 6.92 Å². The number of thiophene rings is 1. The summed E-state index contributed by atoms with van der Waals surface area (Å²) >= 11 is 1.48. The minimum atomic E-state index is -0.359. The molecule has 0 fully saturated rings. The Labute approximate surface area is 163 Å². The molecule has 1 aromatic carbocycles. The fourth-order valence-electron chi connectivity index (χ4n) is 3.26. The maximum Gasteiger partial charge on any atom is 0.341 e. The summed E-state index contributed by atoms with van der Waals surface area (Å²) in [6.45, 7) is 5.97. The number of anilines is 1. The first-order valence-electron chi connectivity index (χ1n) is 9.31. The fourth-order valence-corrected chi connectivity index (χ4v) is 4.55. The van der Waals surface area contributed by atoms with Crippen LogP contribution in [0, 0.1) is 13.8 Å². The average molecular weight is 388 g/mol. The smallest absolute Gasteiger partial charge is 0.341 e. The van der Waals surface area contributed by atoms with Gasteiger partial charge in [-0.2, -0.15) is 0 Å². The number of carbonyl (C=O) groups excluding carboxylic acids is 2. The highest BCUT2D eigenvalue weighted by Gasteiger charge is 2.27. The van der Waals surface area contributed by atoms with E-state index in [9.17, 15) is 9.59 Å². The number of carbonyl (C=O) groups is 2. The molecule has 0 radical (unpaired) electrons. The topological polar surface area (TPSA) is 64.6 Å². The Morgan fingerprint density at radius 2 is 1.96 bits per heavy atom. The van der Waals surface area contributed by atoms with Gasteiger partial charge in [0.25, 0.3) is 5.91 Å². The van der Waals surface area contributed by atoms with Crippen LogP contribution < -0.4 is 10.1 Å². The van der Waals surface area contributed by atoms with Crippen molar-refractivity contribution in [1.29, 1.82) is 0 Å². The Bertz CT molecular complexity index is 856. The number of fused-ring (bicyclic) bond motifs is 1. The number of rotatable bonds is 6. The third-order valence-electron chi connectivity index (χ3n) is 4.82. The van der Waals surface area contributed by atoms with Crippen LogP contribution in [0.3, 0.4) is 0 Å². The summed E-state index contributed by atoms with van der Waals surface area (Å²) in [4.78, 5) is 26.1. The molecule has 5 nitrogen and oxygen atoms in total. The van der Waals surface area contributed by atoms with Gasteiger partial charge in [-0.25, -0.2) is 4.79 Å². The molecule has 1 amide bonds. The summed E-state index contributed by atoms with van der Waals surface area (Å²) < 4.78 is 10.9.